The van der Waals surface area contributed by atoms with Gasteiger partial charge in [0.2, 0.25) is 23.6 Å². The molecule has 0 aromatic carbocycles. The molecule has 14 nitrogen and oxygen atoms in total. The average Bonchev–Trinajstić information content (AvgIpc) is 3.87. The van der Waals surface area contributed by atoms with Crippen LogP contribution < -0.4 is 16.4 Å². The van der Waals surface area contributed by atoms with E-state index < -0.39 is 59.6 Å². The number of methoxy groups -OCH3 is 1. The number of likely N-dealkylation sites (tertiary alicyclic amines) is 1. The van der Waals surface area contributed by atoms with E-state index in [0.29, 0.717) is 45.3 Å². The minimum atomic E-state index is -0.887. The molecule has 0 bridgehead atoms. The minimum absolute atomic E-state index is 0.0200. The predicted molar refractivity (Wildman–Crippen MR) is 171 cm³/mol. The molecule has 3 heterocycles. The number of hydrogen-bond donors (Lipinski definition) is 3. The number of nitrogens with two attached hydrogens (primary N) is 1. The van der Waals surface area contributed by atoms with Crippen LogP contribution in [-0.4, -0.2) is 122 Å². The first-order valence-corrected chi connectivity index (χ1v) is 16.7. The molecule has 4 aliphatic rings. The molecule has 0 aromatic heterocycles. The third kappa shape index (κ3) is 8.26. The van der Waals surface area contributed by atoms with Crippen LogP contribution in [0.1, 0.15) is 73.1 Å². The quantitative estimate of drug-likeness (QED) is 0.182. The lowest BCUT2D eigenvalue weighted by molar-refractivity contribution is -0.142. The Kier molecular flexibility index (Phi) is 11.6. The summed E-state index contributed by atoms with van der Waals surface area (Å²) >= 11 is 0. The fraction of sp³-hybridized carbons (Fsp3) is 0.788. The summed E-state index contributed by atoms with van der Waals surface area (Å²) in [7, 11) is 3.05. The van der Waals surface area contributed by atoms with Crippen LogP contribution in [0, 0.1) is 11.8 Å². The number of nitrogens with one attached hydrogen (secondary N) is 2. The van der Waals surface area contributed by atoms with Crippen molar-refractivity contribution >= 4 is 29.7 Å². The van der Waals surface area contributed by atoms with Gasteiger partial charge in [-0.2, -0.15) is 0 Å². The molecule has 1 unspecified atom stereocenters. The van der Waals surface area contributed by atoms with Crippen molar-refractivity contribution in [3.63, 3.8) is 0 Å². The highest BCUT2D eigenvalue weighted by molar-refractivity contribution is 5.94. The van der Waals surface area contributed by atoms with Gasteiger partial charge >= 0.3 is 6.09 Å². The monoisotopic (exact) mass is 663 g/mol. The number of amides is 5. The van der Waals surface area contributed by atoms with Gasteiger partial charge in [-0.3, -0.25) is 19.2 Å². The van der Waals surface area contributed by atoms with E-state index in [1.54, 1.807) is 7.11 Å². The summed E-state index contributed by atoms with van der Waals surface area (Å²) in [5, 5.41) is 5.37. The third-order valence-corrected chi connectivity index (χ3v) is 10.3. The van der Waals surface area contributed by atoms with Gasteiger partial charge in [0.25, 0.3) is 0 Å². The molecule has 1 aliphatic carbocycles. The molecule has 264 valence electrons. The minimum Gasteiger partial charge on any atom is -0.443 e. The van der Waals surface area contributed by atoms with Gasteiger partial charge in [0.15, 0.2) is 0 Å². The van der Waals surface area contributed by atoms with Gasteiger partial charge in [-0.15, -0.1) is 0 Å². The van der Waals surface area contributed by atoms with Crippen LogP contribution in [0.2, 0.25) is 0 Å². The number of rotatable bonds is 14. The van der Waals surface area contributed by atoms with Crippen molar-refractivity contribution in [3.8, 4) is 0 Å². The Morgan fingerprint density at radius 2 is 1.89 bits per heavy atom. The van der Waals surface area contributed by atoms with Crippen LogP contribution in [0.3, 0.4) is 0 Å². The number of hydrogen-bond acceptors (Lipinski definition) is 9. The lowest BCUT2D eigenvalue weighted by atomic mass is 9.68. The summed E-state index contributed by atoms with van der Waals surface area (Å²) in [5.41, 5.74) is 5.64. The molecular formula is C33H53N5O9. The average molecular weight is 664 g/mol. The Balaban J connectivity index is 1.33. The predicted octanol–water partition coefficient (Wildman–Crippen LogP) is 1.25. The maximum Gasteiger partial charge on any atom is 0.407 e. The van der Waals surface area contributed by atoms with E-state index in [1.807, 2.05) is 13.8 Å². The fourth-order valence-corrected chi connectivity index (χ4v) is 7.32. The molecule has 47 heavy (non-hydrogen) atoms. The molecule has 4 fully saturated rings. The number of epoxide rings is 2. The number of carbonyl (C=O) groups is 5. The van der Waals surface area contributed by atoms with E-state index in [2.05, 4.69) is 37.5 Å². The SMILES string of the molecule is CC[C@H](C)[C@H](NC(=O)[C@@H]1CCCN1C(=O)CNC(=O)OC1CC[C@]2(CO2)[C@@H]([C@]2(C)O[C@@H]2CC=C(C)C)[C@@H]1OC)C(=O)N(C)CC(N)=O. The maximum absolute atomic E-state index is 13.4. The molecule has 5 amide bonds. The van der Waals surface area contributed by atoms with Gasteiger partial charge in [-0.25, -0.2) is 4.79 Å². The number of allylic oxidation sites excluding steroid dienone is 1. The number of carbonyl (C=O) groups excluding carboxylic acids is 5. The zero-order valence-corrected chi connectivity index (χ0v) is 28.8. The number of primary amides is 1. The van der Waals surface area contributed by atoms with Crippen molar-refractivity contribution in [1.29, 1.82) is 0 Å². The Morgan fingerprint density at radius 1 is 1.19 bits per heavy atom. The molecule has 1 spiro atoms. The van der Waals surface area contributed by atoms with Crippen LogP contribution in [0.5, 0.6) is 0 Å². The van der Waals surface area contributed by atoms with E-state index in [4.69, 9.17) is 24.7 Å². The van der Waals surface area contributed by atoms with Gasteiger partial charge in [0.1, 0.15) is 42.0 Å². The topological polar surface area (TPSA) is 185 Å². The van der Waals surface area contributed by atoms with Crippen LogP contribution in [0.25, 0.3) is 0 Å². The van der Waals surface area contributed by atoms with Crippen molar-refractivity contribution in [2.75, 3.05) is 40.4 Å². The Bertz CT molecular complexity index is 1230. The fourth-order valence-electron chi connectivity index (χ4n) is 7.32. The highest BCUT2D eigenvalue weighted by Crippen LogP contribution is 2.59. The Morgan fingerprint density at radius 3 is 2.49 bits per heavy atom. The largest absolute Gasteiger partial charge is 0.443 e. The zero-order valence-electron chi connectivity index (χ0n) is 28.8. The maximum atomic E-state index is 13.4. The summed E-state index contributed by atoms with van der Waals surface area (Å²) < 4.78 is 24.0. The van der Waals surface area contributed by atoms with Crippen LogP contribution >= 0.6 is 0 Å². The van der Waals surface area contributed by atoms with Gasteiger partial charge in [-0.1, -0.05) is 31.9 Å². The molecule has 3 aliphatic heterocycles. The van der Waals surface area contributed by atoms with Gasteiger partial charge in [-0.05, 0) is 58.8 Å². The third-order valence-electron chi connectivity index (χ3n) is 10.3. The second kappa shape index (κ2) is 14.9. The molecule has 4 rings (SSSR count). The van der Waals surface area contributed by atoms with Crippen LogP contribution in [0.15, 0.2) is 11.6 Å². The molecule has 4 N–H and O–H groups in total. The lowest BCUT2D eigenvalue weighted by Gasteiger charge is -2.42. The van der Waals surface area contributed by atoms with Crippen molar-refractivity contribution in [1.82, 2.24) is 20.4 Å². The van der Waals surface area contributed by atoms with E-state index in [0.717, 1.165) is 6.42 Å². The van der Waals surface area contributed by atoms with Crippen molar-refractivity contribution in [2.45, 2.75) is 115 Å². The molecular weight excluding hydrogens is 610 g/mol. The second-order valence-corrected chi connectivity index (χ2v) is 14.0. The summed E-state index contributed by atoms with van der Waals surface area (Å²) in [4.78, 5) is 66.6. The van der Waals surface area contributed by atoms with E-state index >= 15 is 0 Å². The summed E-state index contributed by atoms with van der Waals surface area (Å²) in [6.07, 6.45) is 4.05. The molecule has 3 saturated heterocycles. The number of alkyl carbamates (subject to hydrolysis) is 1. The standard InChI is InChI=1S/C33H53N5O9/c1-8-20(4)26(30(42)37(6)17-24(34)39)36-29(41)21-10-9-15-38(21)25(40)16-35-31(43)46-22-13-14-33(18-45-33)28(27(22)44-7)32(5)23(47-32)12-11-19(2)3/h11,20-23,26-28H,8-10,12-18H2,1-7H3,(H2,34,39)(H,35,43)(H,36,41)/t20-,21-,22?,23+,26-,27+,28+,32+,33-/m0/s1. The summed E-state index contributed by atoms with van der Waals surface area (Å²) in [6.45, 7) is 10.2. The highest BCUT2D eigenvalue weighted by Gasteiger charge is 2.72. The van der Waals surface area contributed by atoms with Crippen molar-refractivity contribution in [3.05, 3.63) is 11.6 Å². The highest BCUT2D eigenvalue weighted by atomic mass is 16.6. The van der Waals surface area contributed by atoms with Gasteiger partial charge in [0.05, 0.1) is 25.2 Å². The summed E-state index contributed by atoms with van der Waals surface area (Å²) in [6, 6.07) is -1.69. The normalized spacial score (nSPS) is 32.1. The van der Waals surface area contributed by atoms with Crippen molar-refractivity contribution in [2.24, 2.45) is 17.6 Å². The first-order valence-electron chi connectivity index (χ1n) is 16.7. The second-order valence-electron chi connectivity index (χ2n) is 14.0. The molecule has 0 aromatic rings. The molecule has 0 radical (unpaired) electrons. The number of nitrogens with zero attached hydrogens (tertiary/aromatic N) is 2. The van der Waals surface area contributed by atoms with Crippen LogP contribution in [-0.2, 0) is 38.1 Å². The zero-order chi connectivity index (χ0) is 34.7. The summed E-state index contributed by atoms with van der Waals surface area (Å²) in [5.74, 6) is -2.35. The first-order chi connectivity index (χ1) is 22.2. The molecule has 1 saturated carbocycles. The van der Waals surface area contributed by atoms with E-state index in [-0.39, 0.29) is 36.6 Å². The number of likely N-dealkylation sites (N-methyl/N-ethyl adjacent to an activating group) is 1. The van der Waals surface area contributed by atoms with Gasteiger partial charge in [0, 0.05) is 20.7 Å². The smallest absolute Gasteiger partial charge is 0.407 e. The lowest BCUT2D eigenvalue weighted by Crippen LogP contribution is -2.57. The Labute approximate surface area is 277 Å². The molecule has 9 atom stereocenters. The first kappa shape index (κ1) is 36.6. The van der Waals surface area contributed by atoms with E-state index in [1.165, 1.54) is 22.4 Å². The Hall–Kier alpha value is -3.23. The molecule has 14 heteroatoms. The van der Waals surface area contributed by atoms with E-state index in [9.17, 15) is 24.0 Å². The van der Waals surface area contributed by atoms with Gasteiger partial charge < -0.3 is 45.1 Å². The number of ether oxygens (including phenoxy) is 4. The van der Waals surface area contributed by atoms with Crippen LogP contribution in [0.4, 0.5) is 4.79 Å². The van der Waals surface area contributed by atoms with Crippen molar-refractivity contribution < 1.29 is 42.9 Å².